The molecule has 0 spiro atoms. The first-order valence-electron chi connectivity index (χ1n) is 9.84. The average molecular weight is 364 g/mol. The van der Waals surface area contributed by atoms with Crippen LogP contribution >= 0.6 is 0 Å². The number of methoxy groups -OCH3 is 1. The van der Waals surface area contributed by atoms with Gasteiger partial charge in [0.1, 0.15) is 17.1 Å². The third-order valence-corrected chi connectivity index (χ3v) is 5.03. The lowest BCUT2D eigenvalue weighted by Gasteiger charge is -2.33. The molecule has 0 saturated carbocycles. The molecule has 146 valence electrons. The number of benzene rings is 1. The van der Waals surface area contributed by atoms with Crippen molar-refractivity contribution in [3.05, 3.63) is 23.3 Å². The standard InChI is InChI=1S/C21H32O5/c1-3-4-5-6-7-8-9-10-11-12-21(24)15-16-13-17(25-2)14-18(22)19(16)20(23)26-21/h13-14,22,24H,3-12,15H2,1-2H3/t21-/m1/s1. The summed E-state index contributed by atoms with van der Waals surface area (Å²) in [6, 6.07) is 3.06. The predicted molar refractivity (Wildman–Crippen MR) is 101 cm³/mol. The second-order valence-electron chi connectivity index (χ2n) is 7.27. The number of carbonyl (C=O) groups excluding carboxylic acids is 1. The molecule has 1 aromatic carbocycles. The van der Waals surface area contributed by atoms with E-state index in [-0.39, 0.29) is 17.7 Å². The van der Waals surface area contributed by atoms with Gasteiger partial charge >= 0.3 is 5.97 Å². The second-order valence-corrected chi connectivity index (χ2v) is 7.27. The fourth-order valence-corrected chi connectivity index (χ4v) is 3.56. The minimum Gasteiger partial charge on any atom is -0.507 e. The molecule has 0 aliphatic carbocycles. The van der Waals surface area contributed by atoms with Crippen LogP contribution in [0, 0.1) is 0 Å². The fraction of sp³-hybridized carbons (Fsp3) is 0.667. The Morgan fingerprint density at radius 1 is 1.08 bits per heavy atom. The lowest BCUT2D eigenvalue weighted by Crippen LogP contribution is -2.41. The lowest BCUT2D eigenvalue weighted by atomic mass is 9.92. The number of phenols is 1. The number of cyclic esters (lactones) is 1. The molecule has 2 rings (SSSR count). The minimum atomic E-state index is -1.50. The van der Waals surface area contributed by atoms with Gasteiger partial charge in [-0.05, 0) is 18.1 Å². The molecule has 0 saturated heterocycles. The van der Waals surface area contributed by atoms with Gasteiger partial charge in [-0.3, -0.25) is 0 Å². The van der Waals surface area contributed by atoms with E-state index in [1.165, 1.54) is 51.7 Å². The van der Waals surface area contributed by atoms with Crippen LogP contribution in [0.4, 0.5) is 0 Å². The Morgan fingerprint density at radius 2 is 1.69 bits per heavy atom. The Kier molecular flexibility index (Phi) is 7.76. The molecule has 1 aliphatic heterocycles. The quantitative estimate of drug-likeness (QED) is 0.439. The van der Waals surface area contributed by atoms with E-state index in [2.05, 4.69) is 6.92 Å². The summed E-state index contributed by atoms with van der Waals surface area (Å²) in [5.41, 5.74) is 0.694. The minimum absolute atomic E-state index is 0.127. The Labute approximate surface area is 156 Å². The number of unbranched alkanes of at least 4 members (excludes halogenated alkanes) is 8. The van der Waals surface area contributed by atoms with Crippen molar-refractivity contribution in [3.63, 3.8) is 0 Å². The molecule has 0 unspecified atom stereocenters. The number of esters is 1. The maximum atomic E-state index is 12.2. The molecular weight excluding hydrogens is 332 g/mol. The summed E-state index contributed by atoms with van der Waals surface area (Å²) in [6.45, 7) is 2.22. The monoisotopic (exact) mass is 364 g/mol. The number of aromatic hydroxyl groups is 1. The van der Waals surface area contributed by atoms with Crippen molar-refractivity contribution in [2.45, 2.75) is 83.3 Å². The van der Waals surface area contributed by atoms with Gasteiger partial charge in [0.05, 0.1) is 7.11 Å². The molecule has 0 aromatic heterocycles. The molecule has 2 N–H and O–H groups in total. The molecule has 0 bridgehead atoms. The second kappa shape index (κ2) is 9.81. The van der Waals surface area contributed by atoms with Gasteiger partial charge in [0.2, 0.25) is 5.79 Å². The van der Waals surface area contributed by atoms with Crippen LogP contribution in [0.15, 0.2) is 12.1 Å². The van der Waals surface area contributed by atoms with Crippen molar-refractivity contribution in [1.29, 1.82) is 0 Å². The van der Waals surface area contributed by atoms with Crippen LogP contribution in [0.1, 0.15) is 87.1 Å². The first kappa shape index (κ1) is 20.6. The summed E-state index contributed by atoms with van der Waals surface area (Å²) < 4.78 is 10.4. The topological polar surface area (TPSA) is 76.0 Å². The number of phenolic OH excluding ortho intramolecular Hbond substituents is 1. The van der Waals surface area contributed by atoms with Gasteiger partial charge in [0.15, 0.2) is 0 Å². The normalized spacial score (nSPS) is 19.1. The van der Waals surface area contributed by atoms with Crippen molar-refractivity contribution in [3.8, 4) is 11.5 Å². The number of fused-ring (bicyclic) bond motifs is 1. The third kappa shape index (κ3) is 5.63. The number of ether oxygens (including phenoxy) is 2. The van der Waals surface area contributed by atoms with Gasteiger partial charge in [-0.1, -0.05) is 58.3 Å². The SMILES string of the molecule is CCCCCCCCCCC[C@]1(O)Cc2cc(OC)cc(O)c2C(=O)O1. The Morgan fingerprint density at radius 3 is 2.31 bits per heavy atom. The van der Waals surface area contributed by atoms with E-state index >= 15 is 0 Å². The summed E-state index contributed by atoms with van der Waals surface area (Å²) in [5, 5.41) is 20.7. The largest absolute Gasteiger partial charge is 0.507 e. The average Bonchev–Trinajstić information content (AvgIpc) is 2.59. The van der Waals surface area contributed by atoms with E-state index in [9.17, 15) is 15.0 Å². The number of hydrogen-bond donors (Lipinski definition) is 2. The smallest absolute Gasteiger partial charge is 0.344 e. The summed E-state index contributed by atoms with van der Waals surface area (Å²) in [6.07, 6.45) is 11.3. The van der Waals surface area contributed by atoms with Crippen molar-refractivity contribution in [2.24, 2.45) is 0 Å². The van der Waals surface area contributed by atoms with E-state index in [1.807, 2.05) is 0 Å². The maximum absolute atomic E-state index is 12.2. The van der Waals surface area contributed by atoms with Gasteiger partial charge < -0.3 is 19.7 Å². The van der Waals surface area contributed by atoms with Crippen LogP contribution in [0.3, 0.4) is 0 Å². The van der Waals surface area contributed by atoms with Crippen LogP contribution in [-0.2, 0) is 11.2 Å². The number of aliphatic hydroxyl groups is 1. The highest BCUT2D eigenvalue weighted by molar-refractivity contribution is 5.95. The zero-order valence-corrected chi connectivity index (χ0v) is 16.1. The molecule has 0 radical (unpaired) electrons. The van der Waals surface area contributed by atoms with Crippen LogP contribution in [0.25, 0.3) is 0 Å². The van der Waals surface area contributed by atoms with Gasteiger partial charge in [0.25, 0.3) is 0 Å². The van der Waals surface area contributed by atoms with Gasteiger partial charge in [-0.2, -0.15) is 0 Å². The number of carbonyl (C=O) groups is 1. The molecular formula is C21H32O5. The molecule has 5 nitrogen and oxygen atoms in total. The molecule has 1 atom stereocenters. The predicted octanol–water partition coefficient (Wildman–Crippen LogP) is 4.72. The highest BCUT2D eigenvalue weighted by Crippen LogP contribution is 2.37. The number of rotatable bonds is 11. The molecule has 5 heteroatoms. The van der Waals surface area contributed by atoms with Gasteiger partial charge in [0, 0.05) is 18.9 Å². The molecule has 1 heterocycles. The summed E-state index contributed by atoms with van der Waals surface area (Å²) in [4.78, 5) is 12.2. The molecule has 0 fully saturated rings. The highest BCUT2D eigenvalue weighted by atomic mass is 16.7. The Balaban J connectivity index is 1.80. The van der Waals surface area contributed by atoms with Crippen LogP contribution in [-0.4, -0.2) is 29.1 Å². The van der Waals surface area contributed by atoms with Gasteiger partial charge in [-0.25, -0.2) is 4.79 Å². The van der Waals surface area contributed by atoms with E-state index in [0.29, 0.717) is 17.7 Å². The molecule has 1 aromatic rings. The maximum Gasteiger partial charge on any atom is 0.344 e. The molecule has 1 aliphatic rings. The lowest BCUT2D eigenvalue weighted by molar-refractivity contribution is -0.174. The van der Waals surface area contributed by atoms with Crippen molar-refractivity contribution in [2.75, 3.05) is 7.11 Å². The van der Waals surface area contributed by atoms with E-state index in [4.69, 9.17) is 9.47 Å². The summed E-state index contributed by atoms with van der Waals surface area (Å²) in [5.74, 6) is -1.88. The molecule has 26 heavy (non-hydrogen) atoms. The first-order chi connectivity index (χ1) is 12.5. The van der Waals surface area contributed by atoms with Crippen LogP contribution in [0.2, 0.25) is 0 Å². The van der Waals surface area contributed by atoms with Crippen LogP contribution < -0.4 is 4.74 Å². The van der Waals surface area contributed by atoms with Gasteiger partial charge in [-0.15, -0.1) is 0 Å². The van der Waals surface area contributed by atoms with E-state index in [0.717, 1.165) is 19.3 Å². The zero-order chi connectivity index (χ0) is 19.0. The molecule has 0 amide bonds. The van der Waals surface area contributed by atoms with Crippen molar-refractivity contribution < 1.29 is 24.5 Å². The van der Waals surface area contributed by atoms with Crippen molar-refractivity contribution in [1.82, 2.24) is 0 Å². The van der Waals surface area contributed by atoms with E-state index in [1.54, 1.807) is 6.07 Å². The van der Waals surface area contributed by atoms with Crippen LogP contribution in [0.5, 0.6) is 11.5 Å². The highest BCUT2D eigenvalue weighted by Gasteiger charge is 2.39. The van der Waals surface area contributed by atoms with E-state index < -0.39 is 11.8 Å². The first-order valence-corrected chi connectivity index (χ1v) is 9.84. The fourth-order valence-electron chi connectivity index (χ4n) is 3.56. The van der Waals surface area contributed by atoms with Crippen molar-refractivity contribution >= 4 is 5.97 Å². The zero-order valence-electron chi connectivity index (χ0n) is 16.1. The third-order valence-electron chi connectivity index (χ3n) is 5.03. The summed E-state index contributed by atoms with van der Waals surface area (Å²) in [7, 11) is 1.50. The number of hydrogen-bond acceptors (Lipinski definition) is 5. The Hall–Kier alpha value is -1.75. The Bertz CT molecular complexity index is 598. The summed E-state index contributed by atoms with van der Waals surface area (Å²) >= 11 is 0.